The maximum Gasteiger partial charge on any atom is 0.223 e. The van der Waals surface area contributed by atoms with E-state index in [-0.39, 0.29) is 24.3 Å². The van der Waals surface area contributed by atoms with Crippen LogP contribution in [0.4, 0.5) is 5.69 Å². The van der Waals surface area contributed by atoms with E-state index < -0.39 is 0 Å². The van der Waals surface area contributed by atoms with Gasteiger partial charge in [-0.2, -0.15) is 0 Å². The number of hydrogen-bond acceptors (Lipinski definition) is 2. The number of anilines is 1. The van der Waals surface area contributed by atoms with Crippen LogP contribution in [0, 0.1) is 6.92 Å². The van der Waals surface area contributed by atoms with Gasteiger partial charge in [0.15, 0.2) is 0 Å². The maximum atomic E-state index is 12.2. The molecule has 0 aliphatic heterocycles. The highest BCUT2D eigenvalue weighted by Crippen LogP contribution is 2.23. The fourth-order valence-corrected chi connectivity index (χ4v) is 2.74. The smallest absolute Gasteiger partial charge is 0.223 e. The highest BCUT2D eigenvalue weighted by molar-refractivity contribution is 6.31. The first kappa shape index (κ1) is 19.0. The lowest BCUT2D eigenvalue weighted by Crippen LogP contribution is -2.34. The average molecular weight is 359 g/mol. The van der Waals surface area contributed by atoms with Crippen molar-refractivity contribution >= 4 is 29.1 Å². The fraction of sp³-hybridized carbons (Fsp3) is 0.300. The third-order valence-electron chi connectivity index (χ3n) is 4.09. The molecular formula is C20H23ClN2O2. The Labute approximate surface area is 153 Å². The summed E-state index contributed by atoms with van der Waals surface area (Å²) in [6, 6.07) is 15.2. The SMILES string of the molecule is CC(=O)N(CCC(=O)NC(C)c1ccccc1)c1ccc(C)c(Cl)c1. The Kier molecular flexibility index (Phi) is 6.59. The first-order chi connectivity index (χ1) is 11.9. The Hall–Kier alpha value is -2.33. The molecule has 2 rings (SSSR count). The van der Waals surface area contributed by atoms with Crippen LogP contribution in [-0.2, 0) is 9.59 Å². The molecule has 0 aliphatic carbocycles. The Morgan fingerprint density at radius 2 is 1.84 bits per heavy atom. The zero-order valence-electron chi connectivity index (χ0n) is 14.8. The third kappa shape index (κ3) is 5.33. The highest BCUT2D eigenvalue weighted by Gasteiger charge is 2.15. The van der Waals surface area contributed by atoms with Crippen LogP contribution in [0.3, 0.4) is 0 Å². The van der Waals surface area contributed by atoms with Crippen LogP contribution in [0.2, 0.25) is 5.02 Å². The Morgan fingerprint density at radius 3 is 2.44 bits per heavy atom. The molecule has 0 radical (unpaired) electrons. The second kappa shape index (κ2) is 8.67. The molecule has 0 saturated carbocycles. The van der Waals surface area contributed by atoms with Crippen molar-refractivity contribution in [1.29, 1.82) is 0 Å². The van der Waals surface area contributed by atoms with Crippen LogP contribution in [0.1, 0.15) is 37.4 Å². The van der Waals surface area contributed by atoms with Gasteiger partial charge < -0.3 is 10.2 Å². The van der Waals surface area contributed by atoms with Gasteiger partial charge in [0.2, 0.25) is 11.8 Å². The molecule has 132 valence electrons. The molecule has 1 N–H and O–H groups in total. The quantitative estimate of drug-likeness (QED) is 0.838. The van der Waals surface area contributed by atoms with E-state index >= 15 is 0 Å². The summed E-state index contributed by atoms with van der Waals surface area (Å²) in [5.74, 6) is -0.218. The normalized spacial score (nSPS) is 11.7. The summed E-state index contributed by atoms with van der Waals surface area (Å²) in [5, 5.41) is 3.56. The minimum Gasteiger partial charge on any atom is -0.350 e. The number of halogens is 1. The molecule has 0 spiro atoms. The van der Waals surface area contributed by atoms with E-state index in [4.69, 9.17) is 11.6 Å². The van der Waals surface area contributed by atoms with Crippen molar-refractivity contribution in [2.45, 2.75) is 33.2 Å². The van der Waals surface area contributed by atoms with Crippen LogP contribution >= 0.6 is 11.6 Å². The first-order valence-electron chi connectivity index (χ1n) is 8.27. The van der Waals surface area contributed by atoms with Crippen molar-refractivity contribution in [2.75, 3.05) is 11.4 Å². The van der Waals surface area contributed by atoms with E-state index in [1.807, 2.05) is 56.3 Å². The summed E-state index contributed by atoms with van der Waals surface area (Å²) in [7, 11) is 0. The van der Waals surface area contributed by atoms with E-state index in [1.165, 1.54) is 6.92 Å². The van der Waals surface area contributed by atoms with Crippen molar-refractivity contribution in [1.82, 2.24) is 5.32 Å². The number of nitrogens with zero attached hydrogens (tertiary/aromatic N) is 1. The van der Waals surface area contributed by atoms with E-state index in [0.29, 0.717) is 17.3 Å². The molecule has 1 unspecified atom stereocenters. The van der Waals surface area contributed by atoms with E-state index in [9.17, 15) is 9.59 Å². The van der Waals surface area contributed by atoms with Gasteiger partial charge in [-0.1, -0.05) is 48.0 Å². The molecule has 2 amide bonds. The standard InChI is InChI=1S/C20H23ClN2O2/c1-14-9-10-18(13-19(14)21)23(16(3)24)12-11-20(25)22-15(2)17-7-5-4-6-8-17/h4-10,13,15H,11-12H2,1-3H3,(H,22,25). The molecule has 4 nitrogen and oxygen atoms in total. The van der Waals surface area contributed by atoms with E-state index in [0.717, 1.165) is 11.1 Å². The number of carbonyl (C=O) groups excluding carboxylic acids is 2. The minimum absolute atomic E-state index is 0.0757. The summed E-state index contributed by atoms with van der Waals surface area (Å²) < 4.78 is 0. The summed E-state index contributed by atoms with van der Waals surface area (Å²) in [6.45, 7) is 5.64. The number of aryl methyl sites for hydroxylation is 1. The average Bonchev–Trinajstić information content (AvgIpc) is 2.58. The number of nitrogens with one attached hydrogen (secondary N) is 1. The van der Waals surface area contributed by atoms with Crippen molar-refractivity contribution in [2.24, 2.45) is 0 Å². The molecule has 0 aromatic heterocycles. The van der Waals surface area contributed by atoms with Gasteiger partial charge in [0.05, 0.1) is 6.04 Å². The molecule has 1 atom stereocenters. The molecule has 0 saturated heterocycles. The van der Waals surface area contributed by atoms with Crippen LogP contribution in [0.5, 0.6) is 0 Å². The molecule has 0 fully saturated rings. The molecule has 25 heavy (non-hydrogen) atoms. The largest absolute Gasteiger partial charge is 0.350 e. The van der Waals surface area contributed by atoms with Gasteiger partial charge >= 0.3 is 0 Å². The molecule has 2 aromatic carbocycles. The van der Waals surface area contributed by atoms with E-state index in [2.05, 4.69) is 5.32 Å². The number of benzene rings is 2. The molecule has 0 bridgehead atoms. The lowest BCUT2D eigenvalue weighted by Gasteiger charge is -2.22. The minimum atomic E-state index is -0.121. The van der Waals surface area contributed by atoms with Crippen LogP contribution in [0.15, 0.2) is 48.5 Å². The molecule has 2 aromatic rings. The second-order valence-corrected chi connectivity index (χ2v) is 6.46. The summed E-state index contributed by atoms with van der Waals surface area (Å²) in [6.07, 6.45) is 0.224. The molecular weight excluding hydrogens is 336 g/mol. The van der Waals surface area contributed by atoms with Crippen molar-refractivity contribution in [3.63, 3.8) is 0 Å². The summed E-state index contributed by atoms with van der Waals surface area (Å²) >= 11 is 6.14. The molecule has 0 heterocycles. The van der Waals surface area contributed by atoms with Gasteiger partial charge in [0.1, 0.15) is 0 Å². The van der Waals surface area contributed by atoms with Gasteiger partial charge in [-0.15, -0.1) is 0 Å². The maximum absolute atomic E-state index is 12.2. The van der Waals surface area contributed by atoms with Gasteiger partial charge in [-0.05, 0) is 37.1 Å². The fourth-order valence-electron chi connectivity index (χ4n) is 2.57. The van der Waals surface area contributed by atoms with Crippen molar-refractivity contribution < 1.29 is 9.59 Å². The molecule has 5 heteroatoms. The Balaban J connectivity index is 1.97. The second-order valence-electron chi connectivity index (χ2n) is 6.05. The third-order valence-corrected chi connectivity index (χ3v) is 4.49. The van der Waals surface area contributed by atoms with Crippen LogP contribution in [-0.4, -0.2) is 18.4 Å². The number of carbonyl (C=O) groups is 2. The monoisotopic (exact) mass is 358 g/mol. The van der Waals surface area contributed by atoms with Crippen LogP contribution in [0.25, 0.3) is 0 Å². The Bertz CT molecular complexity index is 747. The lowest BCUT2D eigenvalue weighted by molar-refractivity contribution is -0.121. The van der Waals surface area contributed by atoms with Gasteiger partial charge in [0.25, 0.3) is 0 Å². The zero-order chi connectivity index (χ0) is 18.4. The van der Waals surface area contributed by atoms with Crippen molar-refractivity contribution in [3.05, 3.63) is 64.7 Å². The van der Waals surface area contributed by atoms with Gasteiger partial charge in [0, 0.05) is 30.6 Å². The highest BCUT2D eigenvalue weighted by atomic mass is 35.5. The molecule has 0 aliphatic rings. The zero-order valence-corrected chi connectivity index (χ0v) is 15.5. The first-order valence-corrected chi connectivity index (χ1v) is 8.65. The predicted molar refractivity (Wildman–Crippen MR) is 102 cm³/mol. The van der Waals surface area contributed by atoms with Crippen LogP contribution < -0.4 is 10.2 Å². The number of hydrogen-bond donors (Lipinski definition) is 1. The number of rotatable bonds is 6. The van der Waals surface area contributed by atoms with Gasteiger partial charge in [-0.3, -0.25) is 9.59 Å². The lowest BCUT2D eigenvalue weighted by atomic mass is 10.1. The predicted octanol–water partition coefficient (Wildman–Crippen LogP) is 4.27. The number of amides is 2. The van der Waals surface area contributed by atoms with Gasteiger partial charge in [-0.25, -0.2) is 0 Å². The summed E-state index contributed by atoms with van der Waals surface area (Å²) in [5.41, 5.74) is 2.69. The van der Waals surface area contributed by atoms with E-state index in [1.54, 1.807) is 11.0 Å². The Morgan fingerprint density at radius 1 is 1.16 bits per heavy atom. The van der Waals surface area contributed by atoms with Crippen molar-refractivity contribution in [3.8, 4) is 0 Å². The summed E-state index contributed by atoms with van der Waals surface area (Å²) in [4.78, 5) is 25.7. The topological polar surface area (TPSA) is 49.4 Å².